The van der Waals surface area contributed by atoms with Crippen LogP contribution in [0, 0.1) is 27.0 Å². The number of carbonyl (C=O) groups is 3. The number of hydrogen-bond donors (Lipinski definition) is 5. The summed E-state index contributed by atoms with van der Waals surface area (Å²) in [5.41, 5.74) is 30.1. The van der Waals surface area contributed by atoms with Crippen LogP contribution in [0.4, 0.5) is 11.6 Å². The zero-order valence-corrected chi connectivity index (χ0v) is 31.9. The normalized spacial score (nSPS) is 10.8. The Bertz CT molecular complexity index is 2500. The van der Waals surface area contributed by atoms with Crippen molar-refractivity contribution in [3.05, 3.63) is 112 Å². The first kappa shape index (κ1) is 42.3. The number of aliphatic hydroxyl groups excluding tert-OH is 1. The smallest absolute Gasteiger partial charge is 0.297 e. The fourth-order valence-corrected chi connectivity index (χ4v) is 6.08. The Morgan fingerprint density at radius 3 is 1.63 bits per heavy atom. The van der Waals surface area contributed by atoms with E-state index in [-0.39, 0.29) is 18.8 Å². The molecule has 6 aromatic rings. The summed E-state index contributed by atoms with van der Waals surface area (Å²) in [5.74, 6) is -0.682. The average molecular weight is 769 g/mol. The fraction of sp³-hybridized carbons (Fsp3) is 0.244. The summed E-state index contributed by atoms with van der Waals surface area (Å²) in [4.78, 5) is 56.0. The van der Waals surface area contributed by atoms with Gasteiger partial charge in [-0.25, -0.2) is 31.4 Å². The van der Waals surface area contributed by atoms with Crippen LogP contribution in [0.5, 0.6) is 0 Å². The number of aldehydes is 1. The summed E-state index contributed by atoms with van der Waals surface area (Å²) in [7, 11) is 0. The summed E-state index contributed by atoms with van der Waals surface area (Å²) >= 11 is 0. The van der Waals surface area contributed by atoms with Gasteiger partial charge in [-0.05, 0) is 43.9 Å². The molecule has 2 amide bonds. The van der Waals surface area contributed by atoms with Gasteiger partial charge in [-0.2, -0.15) is 0 Å². The molecule has 0 bridgehead atoms. The first-order valence-corrected chi connectivity index (χ1v) is 17.9. The molecule has 0 fully saturated rings. The van der Waals surface area contributed by atoms with Crippen molar-refractivity contribution < 1.29 is 19.5 Å². The van der Waals surface area contributed by atoms with E-state index < -0.39 is 11.8 Å². The third-order valence-corrected chi connectivity index (χ3v) is 8.77. The predicted octanol–water partition coefficient (Wildman–Crippen LogP) is 5.11. The minimum absolute atomic E-state index is 0.0191. The maximum atomic E-state index is 11.8. The number of aryl methyl sites for hydroxylation is 4. The largest absolute Gasteiger partial charge is 0.396 e. The third kappa shape index (κ3) is 9.82. The van der Waals surface area contributed by atoms with Gasteiger partial charge in [0.1, 0.15) is 35.6 Å². The molecular formula is C41H44N12O4. The van der Waals surface area contributed by atoms with Crippen molar-refractivity contribution >= 4 is 57.9 Å². The van der Waals surface area contributed by atoms with Gasteiger partial charge in [-0.1, -0.05) is 73.0 Å². The second kappa shape index (κ2) is 19.8. The van der Waals surface area contributed by atoms with E-state index in [1.807, 2.05) is 71.5 Å². The number of nitrogen functional groups attached to an aromatic ring is 2. The molecule has 0 radical (unpaired) electrons. The van der Waals surface area contributed by atoms with Gasteiger partial charge in [-0.3, -0.25) is 14.4 Å². The maximum Gasteiger partial charge on any atom is 0.297 e. The van der Waals surface area contributed by atoms with Crippen molar-refractivity contribution in [2.45, 2.75) is 53.1 Å². The molecule has 16 heteroatoms. The van der Waals surface area contributed by atoms with E-state index in [1.54, 1.807) is 0 Å². The van der Waals surface area contributed by atoms with Gasteiger partial charge in [-0.15, -0.1) is 0 Å². The third-order valence-electron chi connectivity index (χ3n) is 8.77. The summed E-state index contributed by atoms with van der Waals surface area (Å²) in [6.07, 6.45) is 7.64. The molecule has 4 heterocycles. The molecule has 0 spiro atoms. The van der Waals surface area contributed by atoms with E-state index in [2.05, 4.69) is 42.3 Å². The monoisotopic (exact) mass is 768 g/mol. The van der Waals surface area contributed by atoms with E-state index >= 15 is 0 Å². The van der Waals surface area contributed by atoms with Gasteiger partial charge in [0, 0.05) is 36.5 Å². The van der Waals surface area contributed by atoms with Crippen LogP contribution in [0.15, 0.2) is 66.9 Å². The molecule has 4 aromatic heterocycles. The summed E-state index contributed by atoms with van der Waals surface area (Å²) in [6.45, 7) is 20.4. The molecule has 0 aliphatic heterocycles. The minimum atomic E-state index is -0.817. The Morgan fingerprint density at radius 1 is 0.772 bits per heavy atom. The first-order chi connectivity index (χ1) is 27.4. The topological polar surface area (TPSA) is 246 Å². The number of primary amides is 2. The van der Waals surface area contributed by atoms with Crippen LogP contribution < -0.4 is 22.9 Å². The van der Waals surface area contributed by atoms with E-state index in [1.165, 1.54) is 24.3 Å². The Kier molecular flexibility index (Phi) is 14.7. The van der Waals surface area contributed by atoms with Gasteiger partial charge >= 0.3 is 0 Å². The van der Waals surface area contributed by atoms with Crippen LogP contribution in [-0.4, -0.2) is 65.4 Å². The number of anilines is 2. The summed E-state index contributed by atoms with van der Waals surface area (Å²) < 4.78 is 3.78. The van der Waals surface area contributed by atoms with Crippen molar-refractivity contribution in [2.75, 3.05) is 24.6 Å². The Morgan fingerprint density at radius 2 is 1.25 bits per heavy atom. The Labute approximate surface area is 329 Å². The predicted molar refractivity (Wildman–Crippen MR) is 221 cm³/mol. The van der Waals surface area contributed by atoms with Crippen LogP contribution in [0.25, 0.3) is 60.1 Å². The molecule has 292 valence electrons. The second-order valence-corrected chi connectivity index (χ2v) is 12.8. The van der Waals surface area contributed by atoms with Crippen molar-refractivity contribution in [1.82, 2.24) is 29.1 Å². The molecule has 16 nitrogen and oxygen atoms in total. The molecule has 6 rings (SSSR count). The zero-order valence-electron chi connectivity index (χ0n) is 31.9. The number of unbranched alkanes of at least 4 members (excludes halogenated alkanes) is 1. The van der Waals surface area contributed by atoms with Gasteiger partial charge in [0.2, 0.25) is 5.91 Å². The van der Waals surface area contributed by atoms with Crippen molar-refractivity contribution in [3.8, 4) is 22.3 Å². The van der Waals surface area contributed by atoms with Crippen molar-refractivity contribution in [2.24, 2.45) is 11.5 Å². The number of hydrogen-bond acceptors (Lipinski definition) is 10. The number of benzene rings is 2. The van der Waals surface area contributed by atoms with E-state index in [0.717, 1.165) is 59.0 Å². The standard InChI is InChI=1S/C20H20N6O2.C18H20N4O.C3H4N2O/c1-12-4-6-13(7-5-12)16-15(10-14(23-2)19(22)28)26(8-3-9-27)20-17(16)18(21)24-11-25-20;1-3-4-9-22-14(10-23)15(13-7-5-12(2)6-8-13)16-17(19)20-11-21-18(16)22;1-5-2-3(4)6/h4-7,10-11,27H,3,8-9H2,1H3,(H2,22,28)(H2,21,24,25);5-8,10-11H,3-4,9H2,1-2H3,(H2,19,20,21);2H2,(H2,4,6)/b14-10-;;. The number of rotatable bonds is 12. The maximum absolute atomic E-state index is 11.8. The number of nitrogens with two attached hydrogens (primary N) is 4. The number of amides is 2. The molecule has 0 saturated carbocycles. The highest BCUT2D eigenvalue weighted by Gasteiger charge is 2.23. The van der Waals surface area contributed by atoms with Gasteiger partial charge in [0.15, 0.2) is 6.29 Å². The van der Waals surface area contributed by atoms with Crippen molar-refractivity contribution in [1.29, 1.82) is 0 Å². The van der Waals surface area contributed by atoms with Crippen molar-refractivity contribution in [3.63, 3.8) is 0 Å². The van der Waals surface area contributed by atoms with Crippen LogP contribution in [-0.2, 0) is 22.7 Å². The van der Waals surface area contributed by atoms with Crippen LogP contribution >= 0.6 is 0 Å². The summed E-state index contributed by atoms with van der Waals surface area (Å²) in [5, 5.41) is 10.7. The van der Waals surface area contributed by atoms with E-state index in [4.69, 9.17) is 30.3 Å². The minimum Gasteiger partial charge on any atom is -0.396 e. The van der Waals surface area contributed by atoms with Crippen LogP contribution in [0.3, 0.4) is 0 Å². The highest BCUT2D eigenvalue weighted by Crippen LogP contribution is 2.39. The van der Waals surface area contributed by atoms with Gasteiger partial charge in [0.05, 0.1) is 23.0 Å². The molecule has 0 saturated heterocycles. The van der Waals surface area contributed by atoms with Gasteiger partial charge < -0.3 is 42.0 Å². The van der Waals surface area contributed by atoms with E-state index in [9.17, 15) is 19.5 Å². The SMILES string of the molecule is CCCCn1c(C=O)c(-c2ccc(C)cc2)c2c(N)ncnc21.[C-]#[N+]/C(=C\c1c(-c2ccc(C)cc2)c2c(N)ncnc2n1CCCO)C(N)=O.[C-]#[N+]CC(N)=O. The number of fused-ring (bicyclic) bond motifs is 2. The number of aliphatic hydroxyl groups is 1. The summed E-state index contributed by atoms with van der Waals surface area (Å²) in [6, 6.07) is 15.9. The van der Waals surface area contributed by atoms with Crippen LogP contribution in [0.2, 0.25) is 0 Å². The second-order valence-electron chi connectivity index (χ2n) is 12.8. The molecule has 57 heavy (non-hydrogen) atoms. The molecule has 0 unspecified atom stereocenters. The number of aromatic nitrogens is 6. The van der Waals surface area contributed by atoms with Gasteiger partial charge in [0.25, 0.3) is 18.1 Å². The lowest BCUT2D eigenvalue weighted by Gasteiger charge is -2.09. The fourth-order valence-electron chi connectivity index (χ4n) is 6.08. The average Bonchev–Trinajstić information content (AvgIpc) is 3.69. The lowest BCUT2D eigenvalue weighted by atomic mass is 10.0. The lowest BCUT2D eigenvalue weighted by Crippen LogP contribution is -2.12. The Balaban J connectivity index is 0.000000224. The molecule has 0 aliphatic carbocycles. The molecule has 2 aromatic carbocycles. The molecule has 9 N–H and O–H groups in total. The van der Waals surface area contributed by atoms with E-state index in [0.29, 0.717) is 52.6 Å². The Hall–Kier alpha value is -7.43. The lowest BCUT2D eigenvalue weighted by molar-refractivity contribution is -0.116. The first-order valence-electron chi connectivity index (χ1n) is 17.9. The number of carbonyl (C=O) groups excluding carboxylic acids is 3. The van der Waals surface area contributed by atoms with Crippen LogP contribution in [0.1, 0.15) is 53.5 Å². The molecule has 0 aliphatic rings. The molecular weight excluding hydrogens is 725 g/mol. The quantitative estimate of drug-likeness (QED) is 0.0625. The number of nitrogens with zero attached hydrogens (tertiary/aromatic N) is 8. The zero-order chi connectivity index (χ0) is 41.6. The highest BCUT2D eigenvalue weighted by molar-refractivity contribution is 6.08. The molecule has 0 atom stereocenters. The highest BCUT2D eigenvalue weighted by atomic mass is 16.3.